The van der Waals surface area contributed by atoms with E-state index in [4.69, 9.17) is 10.8 Å². The number of pyridine rings is 1. The molecular weight excluding hydrogens is 498 g/mol. The van der Waals surface area contributed by atoms with E-state index < -0.39 is 5.41 Å². The van der Waals surface area contributed by atoms with E-state index in [-0.39, 0.29) is 5.91 Å². The second-order valence-corrected chi connectivity index (χ2v) is 12.0. The smallest absolute Gasteiger partial charge is 0.235 e. The van der Waals surface area contributed by atoms with Crippen LogP contribution in [0.15, 0.2) is 23.6 Å². The standard InChI is InChI=1S/C27H39N9OS/c1-4-38-25(34-28)20-8-7-19(29-11-16-35-12-5-6-13-35)22(32-20)18-9-14-36(15-10-18)24-21-23(30-17-31-24)33-26(37)27(21,2)3/h7-8,17-18,29H,4-6,9-16,28H2,1-3H3,(H,30,31,33,37)/b34-25-. The SMILES string of the molecule is CCS/C(=N\N)c1ccc(NCCN2CCCC2)c(C2CCN(c3ncnc4c3C(C)(C)C(=O)N4)CC2)n1. The van der Waals surface area contributed by atoms with Crippen LogP contribution in [0, 0.1) is 0 Å². The highest BCUT2D eigenvalue weighted by Crippen LogP contribution is 2.42. The van der Waals surface area contributed by atoms with E-state index in [0.717, 1.165) is 78.3 Å². The Hall–Kier alpha value is -2.92. The fourth-order valence-electron chi connectivity index (χ4n) is 5.75. The maximum absolute atomic E-state index is 12.6. The Morgan fingerprint density at radius 2 is 1.97 bits per heavy atom. The van der Waals surface area contributed by atoms with Gasteiger partial charge in [-0.2, -0.15) is 5.10 Å². The molecule has 2 aromatic rings. The molecule has 5 rings (SSSR count). The highest BCUT2D eigenvalue weighted by atomic mass is 32.2. The Morgan fingerprint density at radius 1 is 1.21 bits per heavy atom. The number of aromatic nitrogens is 3. The van der Waals surface area contributed by atoms with E-state index in [1.165, 1.54) is 25.9 Å². The number of thioether (sulfide) groups is 1. The molecule has 3 aliphatic heterocycles. The number of amides is 1. The summed E-state index contributed by atoms with van der Waals surface area (Å²) < 4.78 is 0. The fourth-order valence-corrected chi connectivity index (χ4v) is 6.36. The summed E-state index contributed by atoms with van der Waals surface area (Å²) in [5, 5.41) is 11.4. The van der Waals surface area contributed by atoms with Crippen molar-refractivity contribution < 1.29 is 4.79 Å². The first-order valence-corrected chi connectivity index (χ1v) is 14.7. The summed E-state index contributed by atoms with van der Waals surface area (Å²) in [5.41, 5.74) is 3.27. The third-order valence-electron chi connectivity index (χ3n) is 7.92. The van der Waals surface area contributed by atoms with Crippen LogP contribution in [0.3, 0.4) is 0 Å². The molecule has 0 unspecified atom stereocenters. The molecule has 4 N–H and O–H groups in total. The maximum atomic E-state index is 12.6. The number of nitrogens with two attached hydrogens (primary N) is 1. The number of nitrogens with zero attached hydrogens (tertiary/aromatic N) is 6. The Labute approximate surface area is 229 Å². The van der Waals surface area contributed by atoms with Gasteiger partial charge in [-0.15, -0.1) is 11.8 Å². The number of rotatable bonds is 8. The lowest BCUT2D eigenvalue weighted by atomic mass is 9.86. The van der Waals surface area contributed by atoms with Crippen LogP contribution in [-0.2, 0) is 10.2 Å². The molecule has 0 atom stereocenters. The number of piperidine rings is 1. The molecule has 2 fully saturated rings. The summed E-state index contributed by atoms with van der Waals surface area (Å²) in [6.45, 7) is 12.0. The number of carbonyl (C=O) groups excluding carboxylic acids is 1. The molecule has 2 saturated heterocycles. The topological polar surface area (TPSA) is 125 Å². The molecule has 0 aromatic carbocycles. The van der Waals surface area contributed by atoms with Crippen molar-refractivity contribution in [3.63, 3.8) is 0 Å². The zero-order valence-electron chi connectivity index (χ0n) is 22.7. The summed E-state index contributed by atoms with van der Waals surface area (Å²) in [6, 6.07) is 4.17. The molecule has 5 heterocycles. The highest BCUT2D eigenvalue weighted by molar-refractivity contribution is 8.14. The average Bonchev–Trinajstić information content (AvgIpc) is 3.53. The van der Waals surface area contributed by atoms with E-state index in [2.05, 4.69) is 48.5 Å². The Balaban J connectivity index is 1.35. The fraction of sp³-hybridized carbons (Fsp3) is 0.593. The monoisotopic (exact) mass is 537 g/mol. The van der Waals surface area contributed by atoms with Crippen molar-refractivity contribution in [3.05, 3.63) is 35.4 Å². The van der Waals surface area contributed by atoms with Gasteiger partial charge in [-0.3, -0.25) is 4.79 Å². The molecule has 3 aliphatic rings. The van der Waals surface area contributed by atoms with Crippen LogP contribution in [0.5, 0.6) is 0 Å². The van der Waals surface area contributed by atoms with Crippen LogP contribution in [0.2, 0.25) is 0 Å². The van der Waals surface area contributed by atoms with Gasteiger partial charge in [-0.1, -0.05) is 6.92 Å². The van der Waals surface area contributed by atoms with Crippen LogP contribution < -0.4 is 21.4 Å². The van der Waals surface area contributed by atoms with Crippen molar-refractivity contribution in [1.29, 1.82) is 0 Å². The van der Waals surface area contributed by atoms with E-state index >= 15 is 0 Å². The number of hydrogen-bond donors (Lipinski definition) is 3. The minimum atomic E-state index is -0.653. The van der Waals surface area contributed by atoms with Gasteiger partial charge in [0.2, 0.25) is 5.91 Å². The first-order valence-electron chi connectivity index (χ1n) is 13.7. The molecule has 38 heavy (non-hydrogen) atoms. The van der Waals surface area contributed by atoms with Crippen molar-refractivity contribution in [2.75, 3.05) is 60.6 Å². The summed E-state index contributed by atoms with van der Waals surface area (Å²) in [6.07, 6.45) is 6.02. The van der Waals surface area contributed by atoms with Crippen molar-refractivity contribution >= 4 is 40.0 Å². The Bertz CT molecular complexity index is 1190. The second kappa shape index (κ2) is 11.4. The quantitative estimate of drug-likeness (QED) is 0.201. The largest absolute Gasteiger partial charge is 0.382 e. The van der Waals surface area contributed by atoms with Crippen molar-refractivity contribution in [2.45, 2.75) is 57.8 Å². The normalized spacial score (nSPS) is 20.0. The first kappa shape index (κ1) is 26.7. The van der Waals surface area contributed by atoms with E-state index in [0.29, 0.717) is 11.7 Å². The molecule has 11 heteroatoms. The van der Waals surface area contributed by atoms with Gasteiger partial charge in [0.25, 0.3) is 0 Å². The predicted octanol–water partition coefficient (Wildman–Crippen LogP) is 3.37. The number of carbonyl (C=O) groups is 1. The van der Waals surface area contributed by atoms with Crippen molar-refractivity contribution in [3.8, 4) is 0 Å². The lowest BCUT2D eigenvalue weighted by molar-refractivity contribution is -0.119. The van der Waals surface area contributed by atoms with Crippen LogP contribution >= 0.6 is 11.8 Å². The molecule has 0 aliphatic carbocycles. The van der Waals surface area contributed by atoms with Gasteiger partial charge < -0.3 is 26.3 Å². The number of hydrogen-bond acceptors (Lipinski definition) is 10. The van der Waals surface area contributed by atoms with Crippen LogP contribution in [0.1, 0.15) is 69.3 Å². The third kappa shape index (κ3) is 5.31. The second-order valence-electron chi connectivity index (χ2n) is 10.7. The van der Waals surface area contributed by atoms with E-state index in [1.54, 1.807) is 18.1 Å². The summed E-state index contributed by atoms with van der Waals surface area (Å²) in [5.74, 6) is 8.37. The van der Waals surface area contributed by atoms with E-state index in [1.807, 2.05) is 19.9 Å². The lowest BCUT2D eigenvalue weighted by Gasteiger charge is -2.35. The molecule has 0 bridgehead atoms. The van der Waals surface area contributed by atoms with Gasteiger partial charge >= 0.3 is 0 Å². The molecule has 0 radical (unpaired) electrons. The number of fused-ring (bicyclic) bond motifs is 1. The predicted molar refractivity (Wildman–Crippen MR) is 155 cm³/mol. The Morgan fingerprint density at radius 3 is 2.68 bits per heavy atom. The summed E-state index contributed by atoms with van der Waals surface area (Å²) in [4.78, 5) is 31.4. The number of nitrogens with one attached hydrogen (secondary N) is 2. The minimum Gasteiger partial charge on any atom is -0.382 e. The molecule has 204 valence electrons. The molecule has 1 amide bonds. The van der Waals surface area contributed by atoms with Crippen LogP contribution in [-0.4, -0.2) is 75.8 Å². The highest BCUT2D eigenvalue weighted by Gasteiger charge is 2.43. The van der Waals surface area contributed by atoms with Gasteiger partial charge in [0, 0.05) is 32.1 Å². The van der Waals surface area contributed by atoms with Crippen molar-refractivity contribution in [1.82, 2.24) is 19.9 Å². The number of hydrazone groups is 1. The van der Waals surface area contributed by atoms with Gasteiger partial charge in [0.1, 0.15) is 23.0 Å². The van der Waals surface area contributed by atoms with Gasteiger partial charge in [0.15, 0.2) is 0 Å². The lowest BCUT2D eigenvalue weighted by Crippen LogP contribution is -2.36. The number of anilines is 3. The number of likely N-dealkylation sites (tertiary alicyclic amines) is 1. The molecule has 10 nitrogen and oxygen atoms in total. The molecular formula is C27H39N9OS. The van der Waals surface area contributed by atoms with Gasteiger partial charge in [-0.05, 0) is 70.5 Å². The van der Waals surface area contributed by atoms with Crippen LogP contribution in [0.4, 0.5) is 17.3 Å². The third-order valence-corrected chi connectivity index (χ3v) is 8.79. The van der Waals surface area contributed by atoms with Gasteiger partial charge in [-0.25, -0.2) is 15.0 Å². The zero-order chi connectivity index (χ0) is 26.7. The summed E-state index contributed by atoms with van der Waals surface area (Å²) >= 11 is 1.61. The van der Waals surface area contributed by atoms with Crippen LogP contribution in [0.25, 0.3) is 0 Å². The minimum absolute atomic E-state index is 0.0304. The average molecular weight is 538 g/mol. The maximum Gasteiger partial charge on any atom is 0.235 e. The van der Waals surface area contributed by atoms with E-state index in [9.17, 15) is 4.79 Å². The Kier molecular flexibility index (Phi) is 8.04. The first-order chi connectivity index (χ1) is 18.4. The molecule has 0 saturated carbocycles. The molecule has 2 aromatic heterocycles. The zero-order valence-corrected chi connectivity index (χ0v) is 23.5. The molecule has 0 spiro atoms. The summed E-state index contributed by atoms with van der Waals surface area (Å²) in [7, 11) is 0. The van der Waals surface area contributed by atoms with Gasteiger partial charge in [0.05, 0.1) is 28.1 Å². The van der Waals surface area contributed by atoms with Crippen molar-refractivity contribution in [2.24, 2.45) is 10.9 Å².